The lowest BCUT2D eigenvalue weighted by molar-refractivity contribution is -0.247. The Balaban J connectivity index is 1.37. The Labute approximate surface area is 190 Å². The average Bonchev–Trinajstić information content (AvgIpc) is 2.83. The van der Waals surface area contributed by atoms with Crippen molar-refractivity contribution < 1.29 is 36.5 Å². The Morgan fingerprint density at radius 2 is 1.61 bits per heavy atom. The van der Waals surface area contributed by atoms with E-state index in [4.69, 9.17) is 18.9 Å². The van der Waals surface area contributed by atoms with E-state index in [1.165, 1.54) is 12.1 Å². The highest BCUT2D eigenvalue weighted by Gasteiger charge is 2.31. The molecule has 2 aliphatic rings. The van der Waals surface area contributed by atoms with Gasteiger partial charge in [0.2, 0.25) is 0 Å². The Kier molecular flexibility index (Phi) is 7.80. The molecular formula is C25H26F4O4. The largest absolute Gasteiger partial charge is 0.382 e. The van der Waals surface area contributed by atoms with E-state index < -0.39 is 23.3 Å². The van der Waals surface area contributed by atoms with Gasteiger partial charge < -0.3 is 18.9 Å². The zero-order chi connectivity index (χ0) is 23.4. The van der Waals surface area contributed by atoms with E-state index in [1.807, 2.05) is 6.08 Å². The third-order valence-electron chi connectivity index (χ3n) is 6.00. The molecular weight excluding hydrogens is 440 g/mol. The highest BCUT2D eigenvalue weighted by molar-refractivity contribution is 5.71. The predicted molar refractivity (Wildman–Crippen MR) is 114 cm³/mol. The van der Waals surface area contributed by atoms with E-state index >= 15 is 0 Å². The maximum absolute atomic E-state index is 14.7. The van der Waals surface area contributed by atoms with Crippen molar-refractivity contribution >= 4 is 5.57 Å². The van der Waals surface area contributed by atoms with Gasteiger partial charge in [0.25, 0.3) is 0 Å². The Morgan fingerprint density at radius 3 is 2.21 bits per heavy atom. The SMILES string of the molecule is COCCOC1COC(C2CC=C(c3ccc(-c4cc(F)c(F)c(F)c4)c(F)c3)CC2)OC1. The highest BCUT2D eigenvalue weighted by Crippen LogP contribution is 2.36. The molecule has 178 valence electrons. The van der Waals surface area contributed by atoms with E-state index in [0.29, 0.717) is 32.0 Å². The first-order chi connectivity index (χ1) is 16.0. The molecule has 0 saturated carbocycles. The predicted octanol–water partition coefficient (Wildman–Crippen LogP) is 5.50. The Morgan fingerprint density at radius 1 is 0.909 bits per heavy atom. The van der Waals surface area contributed by atoms with Crippen molar-refractivity contribution in [2.45, 2.75) is 31.7 Å². The lowest BCUT2D eigenvalue weighted by atomic mass is 9.85. The molecule has 1 aliphatic carbocycles. The van der Waals surface area contributed by atoms with Gasteiger partial charge in [-0.15, -0.1) is 0 Å². The smallest absolute Gasteiger partial charge is 0.194 e. The van der Waals surface area contributed by atoms with Crippen LogP contribution in [-0.2, 0) is 18.9 Å². The quantitative estimate of drug-likeness (QED) is 0.307. The van der Waals surface area contributed by atoms with Crippen molar-refractivity contribution in [1.82, 2.24) is 0 Å². The Hall–Kier alpha value is -2.26. The van der Waals surface area contributed by atoms with Crippen LogP contribution in [0.4, 0.5) is 17.6 Å². The van der Waals surface area contributed by atoms with Crippen LogP contribution in [0.2, 0.25) is 0 Å². The van der Waals surface area contributed by atoms with Crippen molar-refractivity contribution in [3.63, 3.8) is 0 Å². The summed E-state index contributed by atoms with van der Waals surface area (Å²) in [6.07, 6.45) is 3.92. The van der Waals surface area contributed by atoms with Crippen molar-refractivity contribution in [3.8, 4) is 11.1 Å². The zero-order valence-corrected chi connectivity index (χ0v) is 18.3. The molecule has 0 bridgehead atoms. The normalized spacial score (nSPS) is 23.4. The fourth-order valence-electron chi connectivity index (χ4n) is 4.19. The second kappa shape index (κ2) is 10.8. The third-order valence-corrected chi connectivity index (χ3v) is 6.00. The number of allylic oxidation sites excluding steroid dienone is 2. The molecule has 33 heavy (non-hydrogen) atoms. The van der Waals surface area contributed by atoms with Crippen molar-refractivity contribution in [3.05, 3.63) is 65.2 Å². The molecule has 0 spiro atoms. The summed E-state index contributed by atoms with van der Waals surface area (Å²) in [6.45, 7) is 1.96. The number of rotatable bonds is 7. The van der Waals surface area contributed by atoms with Gasteiger partial charge in [0.15, 0.2) is 23.7 Å². The van der Waals surface area contributed by atoms with E-state index in [0.717, 1.165) is 37.0 Å². The lowest BCUT2D eigenvalue weighted by Gasteiger charge is -2.35. The molecule has 2 aromatic rings. The highest BCUT2D eigenvalue weighted by atomic mass is 19.2. The second-order valence-corrected chi connectivity index (χ2v) is 8.23. The van der Waals surface area contributed by atoms with E-state index in [2.05, 4.69) is 0 Å². The first-order valence-corrected chi connectivity index (χ1v) is 10.9. The number of ether oxygens (including phenoxy) is 4. The topological polar surface area (TPSA) is 36.9 Å². The number of hydrogen-bond donors (Lipinski definition) is 0. The molecule has 2 aromatic carbocycles. The molecule has 1 heterocycles. The zero-order valence-electron chi connectivity index (χ0n) is 18.3. The maximum atomic E-state index is 14.7. The van der Waals surface area contributed by atoms with Crippen LogP contribution in [0, 0.1) is 29.2 Å². The molecule has 4 rings (SSSR count). The van der Waals surface area contributed by atoms with E-state index in [-0.39, 0.29) is 29.4 Å². The van der Waals surface area contributed by atoms with Crippen LogP contribution in [-0.4, -0.2) is 45.9 Å². The summed E-state index contributed by atoms with van der Waals surface area (Å²) >= 11 is 0. The fraction of sp³-hybridized carbons (Fsp3) is 0.440. The van der Waals surface area contributed by atoms with Gasteiger partial charge in [0, 0.05) is 18.6 Å². The minimum Gasteiger partial charge on any atom is -0.382 e. The number of methoxy groups -OCH3 is 1. The van der Waals surface area contributed by atoms with Gasteiger partial charge in [-0.25, -0.2) is 17.6 Å². The molecule has 1 atom stereocenters. The van der Waals surface area contributed by atoms with Crippen molar-refractivity contribution in [1.29, 1.82) is 0 Å². The third kappa shape index (κ3) is 5.63. The number of hydrogen-bond acceptors (Lipinski definition) is 4. The van der Waals surface area contributed by atoms with Crippen LogP contribution in [0.5, 0.6) is 0 Å². The summed E-state index contributed by atoms with van der Waals surface area (Å²) in [5.41, 5.74) is 1.65. The summed E-state index contributed by atoms with van der Waals surface area (Å²) in [5.74, 6) is -4.70. The van der Waals surface area contributed by atoms with E-state index in [9.17, 15) is 17.6 Å². The molecule has 0 radical (unpaired) electrons. The monoisotopic (exact) mass is 466 g/mol. The summed E-state index contributed by atoms with van der Waals surface area (Å²) in [5, 5.41) is 0. The molecule has 4 nitrogen and oxygen atoms in total. The Bertz CT molecular complexity index is 979. The molecule has 0 aromatic heterocycles. The molecule has 0 N–H and O–H groups in total. The average molecular weight is 466 g/mol. The van der Waals surface area contributed by atoms with Crippen LogP contribution in [0.3, 0.4) is 0 Å². The van der Waals surface area contributed by atoms with Gasteiger partial charge in [0.05, 0.1) is 26.4 Å². The van der Waals surface area contributed by atoms with Crippen LogP contribution in [0.1, 0.15) is 24.8 Å². The van der Waals surface area contributed by atoms with Crippen molar-refractivity contribution in [2.75, 3.05) is 33.5 Å². The van der Waals surface area contributed by atoms with Gasteiger partial charge in [-0.05, 0) is 54.2 Å². The van der Waals surface area contributed by atoms with Crippen LogP contribution in [0.15, 0.2) is 36.4 Å². The molecule has 1 fully saturated rings. The first kappa shape index (κ1) is 23.9. The van der Waals surface area contributed by atoms with Gasteiger partial charge >= 0.3 is 0 Å². The molecule has 1 aliphatic heterocycles. The van der Waals surface area contributed by atoms with Gasteiger partial charge in [-0.3, -0.25) is 0 Å². The summed E-state index contributed by atoms with van der Waals surface area (Å²) in [7, 11) is 1.62. The van der Waals surface area contributed by atoms with Crippen LogP contribution in [0.25, 0.3) is 16.7 Å². The fourth-order valence-corrected chi connectivity index (χ4v) is 4.19. The maximum Gasteiger partial charge on any atom is 0.194 e. The number of halogens is 4. The van der Waals surface area contributed by atoms with Gasteiger partial charge in [-0.2, -0.15) is 0 Å². The summed E-state index contributed by atoms with van der Waals surface area (Å²) < 4.78 is 77.3. The van der Waals surface area contributed by atoms with Crippen LogP contribution >= 0.6 is 0 Å². The molecule has 0 amide bonds. The minimum absolute atomic E-state index is 0.0112. The standard InChI is InChI=1S/C25H26F4O4/c1-30-8-9-31-19-13-32-25(33-14-19)16-4-2-15(3-5-16)17-6-7-20(21(26)10-17)18-11-22(27)24(29)23(28)12-18/h2,6-7,10-12,16,19,25H,3-5,8-9,13-14H2,1H3. The summed E-state index contributed by atoms with van der Waals surface area (Å²) in [6, 6.07) is 6.09. The lowest BCUT2D eigenvalue weighted by Crippen LogP contribution is -2.41. The minimum atomic E-state index is -1.57. The number of benzene rings is 2. The van der Waals surface area contributed by atoms with Gasteiger partial charge in [0.1, 0.15) is 11.9 Å². The molecule has 1 unspecified atom stereocenters. The second-order valence-electron chi connectivity index (χ2n) is 8.23. The van der Waals surface area contributed by atoms with Crippen molar-refractivity contribution in [2.24, 2.45) is 5.92 Å². The van der Waals surface area contributed by atoms with Crippen LogP contribution < -0.4 is 0 Å². The molecule has 8 heteroatoms. The van der Waals surface area contributed by atoms with E-state index in [1.54, 1.807) is 13.2 Å². The summed E-state index contributed by atoms with van der Waals surface area (Å²) in [4.78, 5) is 0. The molecule has 1 saturated heterocycles. The van der Waals surface area contributed by atoms with Gasteiger partial charge in [-0.1, -0.05) is 18.2 Å². The first-order valence-electron chi connectivity index (χ1n) is 10.9.